The Hall–Kier alpha value is -2.87. The zero-order valence-electron chi connectivity index (χ0n) is 16.2. The average Bonchev–Trinajstić information content (AvgIpc) is 2.69. The smallest absolute Gasteiger partial charge is 0.387 e. The molecule has 8 heteroatoms. The van der Waals surface area contributed by atoms with E-state index in [4.69, 9.17) is 9.47 Å². The van der Waals surface area contributed by atoms with Gasteiger partial charge >= 0.3 is 6.61 Å². The summed E-state index contributed by atoms with van der Waals surface area (Å²) < 4.78 is 40.1. The predicted octanol–water partition coefficient (Wildman–Crippen LogP) is 3.31. The molecule has 0 aliphatic heterocycles. The number of guanidine groups is 1. The lowest BCUT2D eigenvalue weighted by molar-refractivity contribution is -0.0504. The molecule has 0 aromatic heterocycles. The fraction of sp³-hybridized carbons (Fsp3) is 0.350. The first-order valence-corrected chi connectivity index (χ1v) is 8.68. The second kappa shape index (κ2) is 11.1. The molecule has 0 bridgehead atoms. The second-order valence-corrected chi connectivity index (χ2v) is 5.88. The van der Waals surface area contributed by atoms with Gasteiger partial charge in [0, 0.05) is 32.8 Å². The van der Waals surface area contributed by atoms with Crippen LogP contribution in [0.15, 0.2) is 47.5 Å². The minimum absolute atomic E-state index is 0.0889. The van der Waals surface area contributed by atoms with E-state index in [0.717, 1.165) is 11.1 Å². The fourth-order valence-electron chi connectivity index (χ4n) is 2.61. The third-order valence-electron chi connectivity index (χ3n) is 3.92. The zero-order valence-corrected chi connectivity index (χ0v) is 16.2. The number of alkyl halides is 2. The Bertz CT molecular complexity index is 785. The number of rotatable bonds is 9. The zero-order chi connectivity index (χ0) is 20.4. The summed E-state index contributed by atoms with van der Waals surface area (Å²) in [5, 5.41) is 6.29. The molecule has 2 aromatic rings. The number of ether oxygens (including phenoxy) is 3. The van der Waals surface area contributed by atoms with Gasteiger partial charge in [0.2, 0.25) is 0 Å². The van der Waals surface area contributed by atoms with E-state index in [1.165, 1.54) is 13.2 Å². The Morgan fingerprint density at radius 2 is 1.79 bits per heavy atom. The van der Waals surface area contributed by atoms with E-state index in [2.05, 4.69) is 20.4 Å². The molecule has 0 aliphatic rings. The van der Waals surface area contributed by atoms with Crippen LogP contribution in [0.2, 0.25) is 0 Å². The van der Waals surface area contributed by atoms with Gasteiger partial charge in [-0.05, 0) is 29.3 Å². The first-order valence-electron chi connectivity index (χ1n) is 8.68. The summed E-state index contributed by atoms with van der Waals surface area (Å²) in [5.74, 6) is 1.17. The van der Waals surface area contributed by atoms with Gasteiger partial charge in [0.15, 0.2) is 5.96 Å². The summed E-state index contributed by atoms with van der Waals surface area (Å²) in [6.07, 6.45) is 0. The summed E-state index contributed by atoms with van der Waals surface area (Å²) in [5.41, 5.74) is 2.68. The van der Waals surface area contributed by atoms with E-state index in [0.29, 0.717) is 30.4 Å². The van der Waals surface area contributed by atoms with Gasteiger partial charge in [-0.2, -0.15) is 8.78 Å². The van der Waals surface area contributed by atoms with Crippen molar-refractivity contribution in [3.05, 3.63) is 59.2 Å². The maximum atomic E-state index is 12.6. The van der Waals surface area contributed by atoms with E-state index in [1.54, 1.807) is 26.3 Å². The van der Waals surface area contributed by atoms with Gasteiger partial charge in [0.25, 0.3) is 0 Å². The van der Waals surface area contributed by atoms with Gasteiger partial charge in [-0.25, -0.2) is 0 Å². The van der Waals surface area contributed by atoms with Crippen molar-refractivity contribution in [1.82, 2.24) is 10.6 Å². The minimum atomic E-state index is -2.90. The minimum Gasteiger partial charge on any atom is -0.497 e. The number of nitrogens with one attached hydrogen (secondary N) is 2. The quantitative estimate of drug-likeness (QED) is 0.506. The van der Waals surface area contributed by atoms with Crippen molar-refractivity contribution in [3.63, 3.8) is 0 Å². The van der Waals surface area contributed by atoms with Gasteiger partial charge in [0.1, 0.15) is 11.5 Å². The van der Waals surface area contributed by atoms with Crippen LogP contribution in [0.25, 0.3) is 0 Å². The number of aliphatic imine (C=N–C) groups is 1. The summed E-state index contributed by atoms with van der Waals surface area (Å²) in [6, 6.07) is 12.7. The molecule has 28 heavy (non-hydrogen) atoms. The lowest BCUT2D eigenvalue weighted by Gasteiger charge is -2.15. The van der Waals surface area contributed by atoms with Crippen molar-refractivity contribution in [1.29, 1.82) is 0 Å². The number of halogens is 2. The van der Waals surface area contributed by atoms with Gasteiger partial charge in [-0.1, -0.05) is 24.3 Å². The molecule has 2 aromatic carbocycles. The van der Waals surface area contributed by atoms with E-state index < -0.39 is 6.61 Å². The van der Waals surface area contributed by atoms with Crippen LogP contribution in [0.3, 0.4) is 0 Å². The molecule has 0 spiro atoms. The van der Waals surface area contributed by atoms with Crippen LogP contribution < -0.4 is 20.1 Å². The Balaban J connectivity index is 1.99. The monoisotopic (exact) mass is 393 g/mol. The van der Waals surface area contributed by atoms with Crippen LogP contribution in [0.4, 0.5) is 8.78 Å². The number of methoxy groups -OCH3 is 2. The molecule has 0 aliphatic carbocycles. The lowest BCUT2D eigenvalue weighted by Crippen LogP contribution is -2.36. The average molecular weight is 393 g/mol. The molecule has 0 saturated heterocycles. The third-order valence-corrected chi connectivity index (χ3v) is 3.92. The number of benzene rings is 2. The molecule has 0 amide bonds. The molecule has 2 N–H and O–H groups in total. The molecule has 6 nitrogen and oxygen atoms in total. The first-order chi connectivity index (χ1) is 13.5. The van der Waals surface area contributed by atoms with Crippen LogP contribution >= 0.6 is 0 Å². The highest BCUT2D eigenvalue weighted by Crippen LogP contribution is 2.25. The maximum Gasteiger partial charge on any atom is 0.387 e. The van der Waals surface area contributed by atoms with E-state index in [-0.39, 0.29) is 12.3 Å². The Kier molecular flexibility index (Phi) is 8.48. The number of nitrogens with zero attached hydrogens (tertiary/aromatic N) is 1. The third kappa shape index (κ3) is 6.70. The normalized spacial score (nSPS) is 11.4. The number of hydrogen-bond donors (Lipinski definition) is 2. The Labute approximate surface area is 163 Å². The number of hydrogen-bond acceptors (Lipinski definition) is 4. The molecule has 0 atom stereocenters. The fourth-order valence-corrected chi connectivity index (χ4v) is 2.61. The van der Waals surface area contributed by atoms with E-state index in [9.17, 15) is 8.78 Å². The summed E-state index contributed by atoms with van der Waals surface area (Å²) in [4.78, 5) is 4.16. The van der Waals surface area contributed by atoms with Crippen LogP contribution in [0.5, 0.6) is 11.5 Å². The van der Waals surface area contributed by atoms with Gasteiger partial charge in [0.05, 0.1) is 13.7 Å². The van der Waals surface area contributed by atoms with Crippen LogP contribution in [-0.2, 0) is 24.4 Å². The van der Waals surface area contributed by atoms with Crippen molar-refractivity contribution >= 4 is 5.96 Å². The SMILES string of the molecule is CN=C(NCc1cccc(COC)c1)NCc1cc(OC)ccc1OC(F)F. The predicted molar refractivity (Wildman–Crippen MR) is 104 cm³/mol. The summed E-state index contributed by atoms with van der Waals surface area (Å²) >= 11 is 0. The molecular weight excluding hydrogens is 368 g/mol. The van der Waals surface area contributed by atoms with Crippen molar-refractivity contribution in [3.8, 4) is 11.5 Å². The standard InChI is InChI=1S/C20H25F2N3O3/c1-23-20(24-11-14-5-4-6-15(9-14)13-26-2)25-12-16-10-17(27-3)7-8-18(16)28-19(21)22/h4-10,19H,11-13H2,1-3H3,(H2,23,24,25). The van der Waals surface area contributed by atoms with Crippen molar-refractivity contribution in [2.24, 2.45) is 4.99 Å². The molecule has 152 valence electrons. The van der Waals surface area contributed by atoms with Crippen LogP contribution in [-0.4, -0.2) is 33.8 Å². The highest BCUT2D eigenvalue weighted by molar-refractivity contribution is 5.79. The largest absolute Gasteiger partial charge is 0.497 e. The van der Waals surface area contributed by atoms with Crippen LogP contribution in [0, 0.1) is 0 Å². The highest BCUT2D eigenvalue weighted by Gasteiger charge is 2.11. The van der Waals surface area contributed by atoms with Crippen LogP contribution in [0.1, 0.15) is 16.7 Å². The van der Waals surface area contributed by atoms with Crippen molar-refractivity contribution < 1.29 is 23.0 Å². The molecule has 0 unspecified atom stereocenters. The van der Waals surface area contributed by atoms with Gasteiger partial charge in [-0.3, -0.25) is 4.99 Å². The molecule has 2 rings (SSSR count). The molecule has 0 heterocycles. The van der Waals surface area contributed by atoms with Gasteiger partial charge < -0.3 is 24.8 Å². The first kappa shape index (κ1) is 21.4. The Morgan fingerprint density at radius 3 is 2.46 bits per heavy atom. The second-order valence-electron chi connectivity index (χ2n) is 5.88. The van der Waals surface area contributed by atoms with E-state index in [1.807, 2.05) is 24.3 Å². The summed E-state index contributed by atoms with van der Waals surface area (Å²) in [7, 11) is 4.80. The molecule has 0 radical (unpaired) electrons. The van der Waals surface area contributed by atoms with Crippen molar-refractivity contribution in [2.75, 3.05) is 21.3 Å². The Morgan fingerprint density at radius 1 is 1.04 bits per heavy atom. The maximum absolute atomic E-state index is 12.6. The highest BCUT2D eigenvalue weighted by atomic mass is 19.3. The summed E-state index contributed by atoms with van der Waals surface area (Å²) in [6.45, 7) is -1.56. The topological polar surface area (TPSA) is 64.1 Å². The molecule has 0 saturated carbocycles. The molecular formula is C20H25F2N3O3. The van der Waals surface area contributed by atoms with E-state index >= 15 is 0 Å². The van der Waals surface area contributed by atoms with Crippen molar-refractivity contribution in [2.45, 2.75) is 26.3 Å². The lowest BCUT2D eigenvalue weighted by atomic mass is 10.1. The molecule has 0 fully saturated rings. The van der Waals surface area contributed by atoms with Gasteiger partial charge in [-0.15, -0.1) is 0 Å².